The molecule has 1 heterocycles. The summed E-state index contributed by atoms with van der Waals surface area (Å²) in [7, 11) is -2.82. The van der Waals surface area contributed by atoms with Crippen LogP contribution in [0.1, 0.15) is 12.0 Å². The van der Waals surface area contributed by atoms with Gasteiger partial charge in [0.05, 0.1) is 20.3 Å². The molecule has 3 N–H and O–H groups in total. The first-order valence-corrected chi connectivity index (χ1v) is 11.2. The normalized spacial score (nSPS) is 16.6. The fraction of sp³-hybridized carbons (Fsp3) is 0.350. The van der Waals surface area contributed by atoms with Crippen LogP contribution in [0.5, 0.6) is 17.2 Å². The fourth-order valence-corrected chi connectivity index (χ4v) is 4.39. The summed E-state index contributed by atoms with van der Waals surface area (Å²) in [5.74, 6) is 0.694. The van der Waals surface area contributed by atoms with Gasteiger partial charge in [-0.2, -0.15) is 8.42 Å². The van der Waals surface area contributed by atoms with E-state index in [0.29, 0.717) is 25.5 Å². The van der Waals surface area contributed by atoms with Crippen LogP contribution in [0.3, 0.4) is 0 Å². The predicted molar refractivity (Wildman–Crippen MR) is 115 cm³/mol. The largest absolute Gasteiger partial charge is 0.495 e. The number of hydrogen-bond acceptors (Lipinski definition) is 7. The molecule has 0 spiro atoms. The van der Waals surface area contributed by atoms with Crippen molar-refractivity contribution in [1.82, 2.24) is 5.06 Å². The fourth-order valence-electron chi connectivity index (χ4n) is 3.04. The molecule has 168 valence electrons. The smallest absolute Gasteiger partial charge is 0.342 e. The molecule has 2 aromatic rings. The number of nitrogens with one attached hydrogen (secondary N) is 1. The summed E-state index contributed by atoms with van der Waals surface area (Å²) in [5.41, 5.74) is 6.17. The number of methoxy groups -OCH3 is 1. The van der Waals surface area contributed by atoms with Gasteiger partial charge in [0, 0.05) is 23.6 Å². The third-order valence-electron chi connectivity index (χ3n) is 4.59. The summed E-state index contributed by atoms with van der Waals surface area (Å²) in [5, 5.41) is 8.96. The summed E-state index contributed by atoms with van der Waals surface area (Å²) in [6.45, 7) is 3.05. The quantitative estimate of drug-likeness (QED) is 0.360. The summed E-state index contributed by atoms with van der Waals surface area (Å²) in [6.07, 6.45) is 0.748. The number of hydrogen-bond donors (Lipinski definition) is 2. The van der Waals surface area contributed by atoms with Gasteiger partial charge >= 0.3 is 10.1 Å². The predicted octanol–water partition coefficient (Wildman–Crippen LogP) is 2.95. The van der Waals surface area contributed by atoms with Crippen LogP contribution in [0.25, 0.3) is 0 Å². The number of aryl methyl sites for hydroxylation is 1. The van der Waals surface area contributed by atoms with Crippen molar-refractivity contribution in [3.8, 4) is 17.2 Å². The van der Waals surface area contributed by atoms with E-state index in [9.17, 15) is 8.42 Å². The molecule has 0 saturated carbocycles. The van der Waals surface area contributed by atoms with Gasteiger partial charge in [-0.05, 0) is 49.2 Å². The zero-order valence-electron chi connectivity index (χ0n) is 17.1. The molecule has 0 amide bonds. The zero-order chi connectivity index (χ0) is 22.6. The third kappa shape index (κ3) is 5.93. The third-order valence-corrected chi connectivity index (χ3v) is 6.09. The molecule has 2 aromatic carbocycles. The van der Waals surface area contributed by atoms with Crippen LogP contribution >= 0.6 is 11.6 Å². The number of nitrogens with two attached hydrogens (primary N) is 1. The van der Waals surface area contributed by atoms with E-state index in [2.05, 4.69) is 0 Å². The molecule has 11 heteroatoms. The van der Waals surface area contributed by atoms with E-state index >= 15 is 0 Å². The molecule has 1 unspecified atom stereocenters. The van der Waals surface area contributed by atoms with Crippen molar-refractivity contribution in [3.05, 3.63) is 47.0 Å². The standard InChI is InChI=1S/C20H24ClN3O6S/c1-13-7-16(28-11-14-5-6-24(20(22)23)29-12-14)10-17(8-13)30-31(25,26)19-9-15(21)3-4-18(19)27-2/h3-4,7-10,14H,5-6,11-12H2,1-2H3,(H3,22,23). The second-order valence-corrected chi connectivity index (χ2v) is 9.01. The van der Waals surface area contributed by atoms with Gasteiger partial charge in [0.25, 0.3) is 0 Å². The second-order valence-electron chi connectivity index (χ2n) is 7.06. The summed E-state index contributed by atoms with van der Waals surface area (Å²) in [6, 6.07) is 9.15. The lowest BCUT2D eigenvalue weighted by atomic mass is 10.1. The Morgan fingerprint density at radius 3 is 2.68 bits per heavy atom. The van der Waals surface area contributed by atoms with Crippen molar-refractivity contribution in [2.75, 3.05) is 26.9 Å². The van der Waals surface area contributed by atoms with Gasteiger partial charge in [-0.1, -0.05) is 11.6 Å². The topological polar surface area (TPSA) is 124 Å². The molecule has 1 fully saturated rings. The van der Waals surface area contributed by atoms with Gasteiger partial charge in [0.2, 0.25) is 5.96 Å². The average molecular weight is 470 g/mol. The van der Waals surface area contributed by atoms with Crippen LogP contribution in [0, 0.1) is 18.3 Å². The lowest BCUT2D eigenvalue weighted by Crippen LogP contribution is -2.43. The van der Waals surface area contributed by atoms with E-state index in [1.165, 1.54) is 36.4 Å². The Bertz CT molecular complexity index is 1050. The highest BCUT2D eigenvalue weighted by atomic mass is 35.5. The molecule has 0 aliphatic carbocycles. The Kier molecular flexibility index (Phi) is 7.14. The van der Waals surface area contributed by atoms with Gasteiger partial charge in [0.1, 0.15) is 22.1 Å². The Morgan fingerprint density at radius 1 is 1.29 bits per heavy atom. The van der Waals surface area contributed by atoms with E-state index in [4.69, 9.17) is 41.2 Å². The van der Waals surface area contributed by atoms with Crippen molar-refractivity contribution in [3.63, 3.8) is 0 Å². The highest BCUT2D eigenvalue weighted by molar-refractivity contribution is 7.87. The number of halogens is 1. The maximum absolute atomic E-state index is 12.8. The van der Waals surface area contributed by atoms with Gasteiger partial charge in [-0.25, -0.2) is 5.06 Å². The number of ether oxygens (including phenoxy) is 2. The summed E-state index contributed by atoms with van der Waals surface area (Å²) < 4.78 is 41.9. The number of hydroxylamine groups is 2. The molecule has 31 heavy (non-hydrogen) atoms. The monoisotopic (exact) mass is 469 g/mol. The van der Waals surface area contributed by atoms with Gasteiger partial charge in [-0.3, -0.25) is 10.2 Å². The van der Waals surface area contributed by atoms with Crippen LogP contribution in [-0.2, 0) is 15.0 Å². The molecule has 0 bridgehead atoms. The number of benzene rings is 2. The van der Waals surface area contributed by atoms with Crippen molar-refractivity contribution in [2.24, 2.45) is 11.7 Å². The van der Waals surface area contributed by atoms with Crippen LogP contribution in [0.2, 0.25) is 5.02 Å². The SMILES string of the molecule is COc1ccc(Cl)cc1S(=O)(=O)Oc1cc(C)cc(OCC2CCN(C(=N)N)OC2)c1. The van der Waals surface area contributed by atoms with Crippen molar-refractivity contribution >= 4 is 27.7 Å². The van der Waals surface area contributed by atoms with Crippen LogP contribution in [0.15, 0.2) is 41.3 Å². The van der Waals surface area contributed by atoms with Gasteiger partial charge in [-0.15, -0.1) is 0 Å². The minimum absolute atomic E-state index is 0.111. The summed E-state index contributed by atoms with van der Waals surface area (Å²) >= 11 is 5.95. The van der Waals surface area contributed by atoms with Crippen LogP contribution in [0.4, 0.5) is 0 Å². The summed E-state index contributed by atoms with van der Waals surface area (Å²) in [4.78, 5) is 5.25. The highest BCUT2D eigenvalue weighted by Gasteiger charge is 2.24. The highest BCUT2D eigenvalue weighted by Crippen LogP contribution is 2.31. The first kappa shape index (κ1) is 23.0. The average Bonchev–Trinajstić information content (AvgIpc) is 2.72. The molecular formula is C20H24ClN3O6S. The molecular weight excluding hydrogens is 446 g/mol. The minimum Gasteiger partial charge on any atom is -0.495 e. The number of rotatable bonds is 7. The lowest BCUT2D eigenvalue weighted by molar-refractivity contribution is -0.149. The molecule has 1 aliphatic heterocycles. The molecule has 1 saturated heterocycles. The van der Waals surface area contributed by atoms with Crippen molar-refractivity contribution in [2.45, 2.75) is 18.2 Å². The van der Waals surface area contributed by atoms with Gasteiger partial charge < -0.3 is 19.4 Å². The molecule has 0 aromatic heterocycles. The van der Waals surface area contributed by atoms with Crippen molar-refractivity contribution < 1.29 is 26.9 Å². The molecule has 1 atom stereocenters. The van der Waals surface area contributed by atoms with Gasteiger partial charge in [0.15, 0.2) is 0 Å². The maximum Gasteiger partial charge on any atom is 0.342 e. The molecule has 0 radical (unpaired) electrons. The number of guanidine groups is 1. The molecule has 1 aliphatic rings. The van der Waals surface area contributed by atoms with E-state index in [-0.39, 0.29) is 33.3 Å². The second kappa shape index (κ2) is 9.63. The zero-order valence-corrected chi connectivity index (χ0v) is 18.7. The Hall–Kier alpha value is -2.69. The minimum atomic E-state index is -4.18. The van der Waals surface area contributed by atoms with E-state index in [0.717, 1.165) is 12.0 Å². The first-order valence-electron chi connectivity index (χ1n) is 9.45. The maximum atomic E-state index is 12.8. The Balaban J connectivity index is 1.70. The first-order chi connectivity index (χ1) is 14.7. The number of nitrogens with zero attached hydrogens (tertiary/aromatic N) is 1. The van der Waals surface area contributed by atoms with Crippen LogP contribution in [-0.4, -0.2) is 46.3 Å². The lowest BCUT2D eigenvalue weighted by Gasteiger charge is -2.31. The van der Waals surface area contributed by atoms with E-state index < -0.39 is 10.1 Å². The van der Waals surface area contributed by atoms with E-state index in [1.807, 2.05) is 0 Å². The van der Waals surface area contributed by atoms with Crippen molar-refractivity contribution in [1.29, 1.82) is 5.41 Å². The molecule has 9 nitrogen and oxygen atoms in total. The van der Waals surface area contributed by atoms with Crippen LogP contribution < -0.4 is 19.4 Å². The Morgan fingerprint density at radius 2 is 2.03 bits per heavy atom. The van der Waals surface area contributed by atoms with E-state index in [1.54, 1.807) is 19.1 Å². The molecule has 3 rings (SSSR count). The Labute approximate surface area is 186 Å².